The number of carbonyl (C=O) groups is 1. The second-order valence-corrected chi connectivity index (χ2v) is 8.30. The monoisotopic (exact) mass is 408 g/mol. The van der Waals surface area contributed by atoms with E-state index in [-0.39, 0.29) is 16.5 Å². The fourth-order valence-corrected chi connectivity index (χ4v) is 3.94. The van der Waals surface area contributed by atoms with Gasteiger partial charge < -0.3 is 14.8 Å². The summed E-state index contributed by atoms with van der Waals surface area (Å²) in [7, 11) is -3.85. The number of ether oxygens (including phenoxy) is 2. The first-order chi connectivity index (χ1) is 13.3. The molecule has 150 valence electrons. The molecule has 3 rings (SSSR count). The third-order valence-electron chi connectivity index (χ3n) is 3.89. The Bertz CT molecular complexity index is 992. The summed E-state index contributed by atoms with van der Waals surface area (Å²) in [5.41, 5.74) is 0.000887. The van der Waals surface area contributed by atoms with Crippen molar-refractivity contribution in [3.63, 3.8) is 0 Å². The van der Waals surface area contributed by atoms with Gasteiger partial charge in [-0.05, 0) is 44.2 Å². The summed E-state index contributed by atoms with van der Waals surface area (Å²) < 4.78 is 52.2. The van der Waals surface area contributed by atoms with Gasteiger partial charge in [0.1, 0.15) is 5.82 Å². The third-order valence-corrected chi connectivity index (χ3v) is 5.55. The highest BCUT2D eigenvalue weighted by atomic mass is 32.2. The second kappa shape index (κ2) is 8.15. The molecule has 2 aromatic carbocycles. The lowest BCUT2D eigenvalue weighted by molar-refractivity contribution is 0.102. The number of rotatable bonds is 5. The summed E-state index contributed by atoms with van der Waals surface area (Å²) in [6.07, 6.45) is 0.743. The lowest BCUT2D eigenvalue weighted by atomic mass is 10.2. The molecule has 0 bridgehead atoms. The molecule has 1 aliphatic rings. The minimum absolute atomic E-state index is 0.189. The Hall–Kier alpha value is -2.65. The van der Waals surface area contributed by atoms with Crippen LogP contribution in [0.4, 0.5) is 10.1 Å². The van der Waals surface area contributed by atoms with Crippen molar-refractivity contribution in [1.29, 1.82) is 0 Å². The number of nitrogens with one attached hydrogen (secondary N) is 2. The molecule has 9 heteroatoms. The molecule has 1 heterocycles. The van der Waals surface area contributed by atoms with Crippen LogP contribution in [-0.4, -0.2) is 33.6 Å². The summed E-state index contributed by atoms with van der Waals surface area (Å²) >= 11 is 0. The number of sulfonamides is 1. The number of benzene rings is 2. The molecule has 0 fully saturated rings. The van der Waals surface area contributed by atoms with Crippen LogP contribution in [0.2, 0.25) is 0 Å². The molecule has 0 spiro atoms. The van der Waals surface area contributed by atoms with Crippen LogP contribution in [0.5, 0.6) is 11.5 Å². The van der Waals surface area contributed by atoms with Crippen LogP contribution in [0.15, 0.2) is 41.3 Å². The Morgan fingerprint density at radius 2 is 1.79 bits per heavy atom. The van der Waals surface area contributed by atoms with E-state index in [0.29, 0.717) is 30.4 Å². The standard InChI is InChI=1S/C19H21FN2O5S/c1-12(2)22-28(24,25)14-5-6-16(20)15(11-14)19(23)21-13-4-7-17-18(10-13)27-9-3-8-26-17/h4-7,10-12,22H,3,8-9H2,1-2H3,(H,21,23). The first-order valence-corrected chi connectivity index (χ1v) is 10.3. The van der Waals surface area contributed by atoms with E-state index in [2.05, 4.69) is 10.0 Å². The van der Waals surface area contributed by atoms with E-state index >= 15 is 0 Å². The van der Waals surface area contributed by atoms with Crippen molar-refractivity contribution in [2.75, 3.05) is 18.5 Å². The molecule has 7 nitrogen and oxygen atoms in total. The van der Waals surface area contributed by atoms with Crippen LogP contribution < -0.4 is 19.5 Å². The SMILES string of the molecule is CC(C)NS(=O)(=O)c1ccc(F)c(C(=O)Nc2ccc3c(c2)OCCCO3)c1. The highest BCUT2D eigenvalue weighted by Gasteiger charge is 2.21. The fraction of sp³-hybridized carbons (Fsp3) is 0.316. The zero-order valence-electron chi connectivity index (χ0n) is 15.5. The number of fused-ring (bicyclic) bond motifs is 1. The summed E-state index contributed by atoms with van der Waals surface area (Å²) in [5, 5.41) is 2.56. The number of halogens is 1. The average Bonchev–Trinajstić information content (AvgIpc) is 2.85. The first kappa shape index (κ1) is 20.1. The molecule has 1 amide bonds. The van der Waals surface area contributed by atoms with Crippen molar-refractivity contribution in [2.45, 2.75) is 31.2 Å². The van der Waals surface area contributed by atoms with Crippen LogP contribution >= 0.6 is 0 Å². The number of anilines is 1. The van der Waals surface area contributed by atoms with Gasteiger partial charge in [-0.3, -0.25) is 4.79 Å². The minimum Gasteiger partial charge on any atom is -0.490 e. The molecule has 0 saturated carbocycles. The Labute approximate surface area is 162 Å². The van der Waals surface area contributed by atoms with Gasteiger partial charge in [-0.1, -0.05) is 0 Å². The molecular weight excluding hydrogens is 387 g/mol. The van der Waals surface area contributed by atoms with Gasteiger partial charge in [-0.25, -0.2) is 17.5 Å². The maximum absolute atomic E-state index is 14.2. The zero-order chi connectivity index (χ0) is 20.3. The van der Waals surface area contributed by atoms with E-state index in [9.17, 15) is 17.6 Å². The van der Waals surface area contributed by atoms with Gasteiger partial charge in [0.15, 0.2) is 11.5 Å². The number of carbonyl (C=O) groups excluding carboxylic acids is 1. The summed E-state index contributed by atoms with van der Waals surface area (Å²) in [4.78, 5) is 12.3. The van der Waals surface area contributed by atoms with E-state index in [1.165, 1.54) is 0 Å². The molecule has 0 aromatic heterocycles. The quantitative estimate of drug-likeness (QED) is 0.793. The van der Waals surface area contributed by atoms with Crippen molar-refractivity contribution in [2.24, 2.45) is 0 Å². The molecule has 0 radical (unpaired) electrons. The van der Waals surface area contributed by atoms with Gasteiger partial charge in [0.2, 0.25) is 10.0 Å². The van der Waals surface area contributed by atoms with Gasteiger partial charge in [-0.2, -0.15) is 0 Å². The van der Waals surface area contributed by atoms with Crippen molar-refractivity contribution in [3.05, 3.63) is 47.8 Å². The fourth-order valence-electron chi connectivity index (χ4n) is 2.66. The third kappa shape index (κ3) is 4.60. The van der Waals surface area contributed by atoms with Crippen molar-refractivity contribution in [3.8, 4) is 11.5 Å². The zero-order valence-corrected chi connectivity index (χ0v) is 16.3. The molecule has 2 aromatic rings. The van der Waals surface area contributed by atoms with Gasteiger partial charge >= 0.3 is 0 Å². The predicted molar refractivity (Wildman–Crippen MR) is 102 cm³/mol. The lowest BCUT2D eigenvalue weighted by Crippen LogP contribution is -2.30. The van der Waals surface area contributed by atoms with Crippen molar-refractivity contribution >= 4 is 21.6 Å². The van der Waals surface area contributed by atoms with Gasteiger partial charge in [0.25, 0.3) is 5.91 Å². The molecular formula is C19H21FN2O5S. The van der Waals surface area contributed by atoms with E-state index in [1.807, 2.05) is 0 Å². The molecule has 1 aliphatic heterocycles. The largest absolute Gasteiger partial charge is 0.490 e. The average molecular weight is 408 g/mol. The Kier molecular flexibility index (Phi) is 5.85. The smallest absolute Gasteiger partial charge is 0.258 e. The Morgan fingerprint density at radius 1 is 1.07 bits per heavy atom. The number of hydrogen-bond acceptors (Lipinski definition) is 5. The van der Waals surface area contributed by atoms with E-state index in [0.717, 1.165) is 24.6 Å². The lowest BCUT2D eigenvalue weighted by Gasteiger charge is -2.12. The molecule has 0 aliphatic carbocycles. The van der Waals surface area contributed by atoms with E-state index < -0.39 is 21.7 Å². The van der Waals surface area contributed by atoms with Gasteiger partial charge in [0, 0.05) is 24.2 Å². The normalized spacial score (nSPS) is 13.9. The molecule has 0 saturated heterocycles. The summed E-state index contributed by atoms with van der Waals surface area (Å²) in [6, 6.07) is 7.58. The summed E-state index contributed by atoms with van der Waals surface area (Å²) in [5.74, 6) is -0.549. The van der Waals surface area contributed by atoms with Crippen molar-refractivity contribution in [1.82, 2.24) is 4.72 Å². The Balaban J connectivity index is 1.85. The van der Waals surface area contributed by atoms with Crippen LogP contribution in [0.3, 0.4) is 0 Å². The minimum atomic E-state index is -3.85. The molecule has 0 unspecified atom stereocenters. The maximum atomic E-state index is 14.2. The number of amides is 1. The number of hydrogen-bond donors (Lipinski definition) is 2. The van der Waals surface area contributed by atoms with Crippen LogP contribution in [0.25, 0.3) is 0 Å². The predicted octanol–water partition coefficient (Wildman–Crippen LogP) is 2.93. The molecule has 0 atom stereocenters. The molecule has 28 heavy (non-hydrogen) atoms. The Morgan fingerprint density at radius 3 is 2.50 bits per heavy atom. The highest BCUT2D eigenvalue weighted by Crippen LogP contribution is 2.32. The van der Waals surface area contributed by atoms with Gasteiger partial charge in [0.05, 0.1) is 23.7 Å². The van der Waals surface area contributed by atoms with Gasteiger partial charge in [-0.15, -0.1) is 0 Å². The first-order valence-electron chi connectivity index (χ1n) is 8.79. The highest BCUT2D eigenvalue weighted by molar-refractivity contribution is 7.89. The molecule has 2 N–H and O–H groups in total. The summed E-state index contributed by atoms with van der Waals surface area (Å²) in [6.45, 7) is 4.36. The van der Waals surface area contributed by atoms with Crippen LogP contribution in [0.1, 0.15) is 30.6 Å². The topological polar surface area (TPSA) is 93.7 Å². The van der Waals surface area contributed by atoms with Crippen LogP contribution in [-0.2, 0) is 10.0 Å². The van der Waals surface area contributed by atoms with E-state index in [4.69, 9.17) is 9.47 Å². The maximum Gasteiger partial charge on any atom is 0.258 e. The van der Waals surface area contributed by atoms with Crippen LogP contribution in [0, 0.1) is 5.82 Å². The van der Waals surface area contributed by atoms with Crippen molar-refractivity contribution < 1.29 is 27.1 Å². The van der Waals surface area contributed by atoms with E-state index in [1.54, 1.807) is 32.0 Å². The second-order valence-electron chi connectivity index (χ2n) is 6.58.